The summed E-state index contributed by atoms with van der Waals surface area (Å²) in [6, 6.07) is 15.6. The number of carbonyl (C=O) groups excluding carboxylic acids is 1. The minimum absolute atomic E-state index is 0.00507. The summed E-state index contributed by atoms with van der Waals surface area (Å²) in [5.41, 5.74) is 3.76. The van der Waals surface area contributed by atoms with Crippen molar-refractivity contribution >= 4 is 29.1 Å². The van der Waals surface area contributed by atoms with E-state index >= 15 is 0 Å². The van der Waals surface area contributed by atoms with Crippen molar-refractivity contribution in [1.29, 1.82) is 0 Å². The van der Waals surface area contributed by atoms with Crippen molar-refractivity contribution in [2.24, 2.45) is 4.99 Å². The third-order valence-electron chi connectivity index (χ3n) is 7.40. The van der Waals surface area contributed by atoms with E-state index in [4.69, 9.17) is 14.1 Å². The molecule has 4 aromatic rings. The van der Waals surface area contributed by atoms with Gasteiger partial charge in [0.15, 0.2) is 4.80 Å². The molecule has 0 saturated heterocycles. The summed E-state index contributed by atoms with van der Waals surface area (Å²) in [5, 5.41) is 11.4. The fourth-order valence-electron chi connectivity index (χ4n) is 5.17. The summed E-state index contributed by atoms with van der Waals surface area (Å²) < 4.78 is 13.4. The van der Waals surface area contributed by atoms with Crippen LogP contribution in [0.3, 0.4) is 0 Å². The van der Waals surface area contributed by atoms with E-state index < -0.39 is 16.9 Å². The molecule has 0 aliphatic carbocycles. The number of furan rings is 1. The molecular weight excluding hydrogens is 566 g/mol. The largest absolute Gasteiger partial charge is 0.463 e. The van der Waals surface area contributed by atoms with Gasteiger partial charge >= 0.3 is 5.97 Å². The normalized spacial score (nSPS) is 15.0. The highest BCUT2D eigenvalue weighted by Gasteiger charge is 2.34. The molecule has 0 amide bonds. The number of fused-ring (bicyclic) bond motifs is 1. The van der Waals surface area contributed by atoms with Gasteiger partial charge in [0, 0.05) is 23.3 Å². The predicted molar refractivity (Wildman–Crippen MR) is 166 cm³/mol. The molecular formula is C33H33N3O6S. The van der Waals surface area contributed by atoms with Crippen LogP contribution < -0.4 is 14.9 Å². The Kier molecular flexibility index (Phi) is 8.59. The number of nitrogens with zero attached hydrogens (tertiary/aromatic N) is 3. The van der Waals surface area contributed by atoms with Gasteiger partial charge in [-0.25, -0.2) is 9.79 Å². The van der Waals surface area contributed by atoms with E-state index in [1.165, 1.54) is 17.4 Å². The molecule has 0 fully saturated rings. The van der Waals surface area contributed by atoms with E-state index in [0.29, 0.717) is 55.6 Å². The fourth-order valence-corrected chi connectivity index (χ4v) is 6.17. The molecule has 1 aliphatic heterocycles. The summed E-state index contributed by atoms with van der Waals surface area (Å²) in [7, 11) is 0. The van der Waals surface area contributed by atoms with Crippen LogP contribution >= 0.6 is 11.3 Å². The first-order valence-electron chi connectivity index (χ1n) is 14.3. The van der Waals surface area contributed by atoms with Gasteiger partial charge in [0.25, 0.3) is 11.2 Å². The second kappa shape index (κ2) is 12.3. The smallest absolute Gasteiger partial charge is 0.338 e. The molecule has 1 aliphatic rings. The Balaban J connectivity index is 1.64. The summed E-state index contributed by atoms with van der Waals surface area (Å²) in [4.78, 5) is 43.6. The van der Waals surface area contributed by atoms with Crippen LogP contribution in [0.25, 0.3) is 17.4 Å². The number of allylic oxidation sites excluding steroid dienone is 1. The molecule has 0 spiro atoms. The lowest BCUT2D eigenvalue weighted by Gasteiger charge is -2.26. The average Bonchev–Trinajstić information content (AvgIpc) is 3.57. The van der Waals surface area contributed by atoms with Crippen molar-refractivity contribution in [2.45, 2.75) is 59.4 Å². The van der Waals surface area contributed by atoms with Crippen LogP contribution in [0.1, 0.15) is 74.9 Å². The number of carbonyl (C=O) groups is 1. The maximum absolute atomic E-state index is 14.0. The summed E-state index contributed by atoms with van der Waals surface area (Å²) in [6.07, 6.45) is 2.97. The van der Waals surface area contributed by atoms with Gasteiger partial charge in [0.2, 0.25) is 0 Å². The SMILES string of the molecule is CCCC1=C(C(=O)OCC)[C@@H](c2ccc(C(C)C)cc2)n2c(s/c(=C\c3ccc(-c4ccc(C)c([N+](=O)[O-])c4)o3)c2=O)=N1. The van der Waals surface area contributed by atoms with Gasteiger partial charge in [-0.2, -0.15) is 0 Å². The molecule has 10 heteroatoms. The molecule has 0 bridgehead atoms. The number of ether oxygens (including phenoxy) is 1. The van der Waals surface area contributed by atoms with E-state index in [9.17, 15) is 19.7 Å². The molecule has 0 N–H and O–H groups in total. The van der Waals surface area contributed by atoms with Crippen LogP contribution in [0.5, 0.6) is 0 Å². The van der Waals surface area contributed by atoms with Crippen molar-refractivity contribution in [3.8, 4) is 11.3 Å². The molecule has 1 atom stereocenters. The lowest BCUT2D eigenvalue weighted by molar-refractivity contribution is -0.385. The summed E-state index contributed by atoms with van der Waals surface area (Å²) >= 11 is 1.23. The fraction of sp³-hybridized carbons (Fsp3) is 0.303. The Morgan fingerprint density at radius 2 is 1.91 bits per heavy atom. The molecule has 43 heavy (non-hydrogen) atoms. The van der Waals surface area contributed by atoms with Crippen LogP contribution in [0.15, 0.2) is 80.1 Å². The second-order valence-corrected chi connectivity index (χ2v) is 11.7. The molecule has 9 nitrogen and oxygen atoms in total. The molecule has 0 radical (unpaired) electrons. The maximum Gasteiger partial charge on any atom is 0.338 e. The van der Waals surface area contributed by atoms with Gasteiger partial charge in [-0.05, 0) is 49.4 Å². The Morgan fingerprint density at radius 1 is 1.16 bits per heavy atom. The molecule has 2 aromatic heterocycles. The Bertz CT molecular complexity index is 1910. The van der Waals surface area contributed by atoms with E-state index in [1.807, 2.05) is 31.2 Å². The number of esters is 1. The van der Waals surface area contributed by atoms with Crippen LogP contribution in [0.4, 0.5) is 5.69 Å². The third-order valence-corrected chi connectivity index (χ3v) is 8.38. The van der Waals surface area contributed by atoms with Gasteiger partial charge in [-0.3, -0.25) is 19.5 Å². The van der Waals surface area contributed by atoms with Gasteiger partial charge in [0.1, 0.15) is 11.5 Å². The summed E-state index contributed by atoms with van der Waals surface area (Å²) in [6.45, 7) is 9.88. The highest BCUT2D eigenvalue weighted by molar-refractivity contribution is 7.07. The molecule has 0 saturated carbocycles. The highest BCUT2D eigenvalue weighted by Crippen LogP contribution is 2.33. The molecule has 0 unspecified atom stereocenters. The van der Waals surface area contributed by atoms with Gasteiger partial charge in [-0.15, -0.1) is 0 Å². The predicted octanol–water partition coefficient (Wildman–Crippen LogP) is 6.18. The van der Waals surface area contributed by atoms with Gasteiger partial charge in [-0.1, -0.05) is 74.9 Å². The lowest BCUT2D eigenvalue weighted by Crippen LogP contribution is -2.40. The number of thiazole rings is 1. The molecule has 222 valence electrons. The average molecular weight is 600 g/mol. The number of rotatable bonds is 9. The molecule has 3 heterocycles. The lowest BCUT2D eigenvalue weighted by atomic mass is 9.92. The number of nitro benzene ring substituents is 1. The number of benzene rings is 2. The standard InChI is InChI=1S/C33H33N3O6S/c1-6-8-25-29(32(38)41-7-2)30(22-13-11-21(12-14-22)19(3)4)35-31(37)28(43-33(35)34-25)18-24-15-16-27(42-24)23-10-9-20(5)26(17-23)36(39)40/h9-19,30H,6-8H2,1-5H3/b28-18-/t30-/m1/s1. The van der Waals surface area contributed by atoms with Gasteiger partial charge in [0.05, 0.1) is 33.4 Å². The summed E-state index contributed by atoms with van der Waals surface area (Å²) in [5.74, 6) is 0.709. The Labute approximate surface area is 252 Å². The Morgan fingerprint density at radius 3 is 2.56 bits per heavy atom. The first-order valence-corrected chi connectivity index (χ1v) is 15.1. The zero-order valence-corrected chi connectivity index (χ0v) is 25.6. The molecule has 5 rings (SSSR count). The first kappa shape index (κ1) is 29.9. The zero-order valence-electron chi connectivity index (χ0n) is 24.7. The Hall–Kier alpha value is -4.57. The minimum Gasteiger partial charge on any atom is -0.463 e. The second-order valence-electron chi connectivity index (χ2n) is 10.7. The van der Waals surface area contributed by atoms with E-state index in [1.54, 1.807) is 48.8 Å². The zero-order chi connectivity index (χ0) is 30.8. The van der Waals surface area contributed by atoms with Crippen LogP contribution in [-0.4, -0.2) is 22.1 Å². The van der Waals surface area contributed by atoms with Crippen LogP contribution in [-0.2, 0) is 9.53 Å². The number of aryl methyl sites for hydroxylation is 1. The van der Waals surface area contributed by atoms with Crippen molar-refractivity contribution in [1.82, 2.24) is 4.57 Å². The highest BCUT2D eigenvalue weighted by atomic mass is 32.1. The van der Waals surface area contributed by atoms with E-state index in [0.717, 1.165) is 17.5 Å². The van der Waals surface area contributed by atoms with Crippen molar-refractivity contribution in [3.05, 3.63) is 118 Å². The van der Waals surface area contributed by atoms with Crippen molar-refractivity contribution < 1.29 is 18.9 Å². The van der Waals surface area contributed by atoms with Crippen molar-refractivity contribution in [2.75, 3.05) is 6.61 Å². The topological polar surface area (TPSA) is 117 Å². The van der Waals surface area contributed by atoms with Crippen LogP contribution in [0, 0.1) is 17.0 Å². The van der Waals surface area contributed by atoms with Gasteiger partial charge < -0.3 is 9.15 Å². The number of hydrogen-bond donors (Lipinski definition) is 0. The van der Waals surface area contributed by atoms with E-state index in [-0.39, 0.29) is 17.9 Å². The first-order chi connectivity index (χ1) is 20.6. The number of hydrogen-bond acceptors (Lipinski definition) is 8. The maximum atomic E-state index is 14.0. The minimum atomic E-state index is -0.694. The van der Waals surface area contributed by atoms with E-state index in [2.05, 4.69) is 13.8 Å². The monoisotopic (exact) mass is 599 g/mol. The number of aromatic nitrogens is 1. The quantitative estimate of drug-likeness (QED) is 0.129. The third kappa shape index (κ3) is 5.87. The number of nitro groups is 1. The van der Waals surface area contributed by atoms with Crippen molar-refractivity contribution in [3.63, 3.8) is 0 Å². The molecule has 2 aromatic carbocycles. The van der Waals surface area contributed by atoms with Crippen LogP contribution in [0.2, 0.25) is 0 Å².